The number of nitrogens with one attached hydrogen (secondary N) is 1. The maximum absolute atomic E-state index is 11.2. The highest BCUT2D eigenvalue weighted by molar-refractivity contribution is 5.72. The SMILES string of the molecule is Nc1nc(=O)[nH]c(C2CCC2)c1CC(=O)O. The number of carbonyl (C=O) groups is 1. The standard InChI is InChI=1S/C10H13N3O3/c11-9-6(4-7(14)15)8(5-2-1-3-5)12-10(16)13-9/h5H,1-4H2,(H,14,15)(H3,11,12,13,16). The van der Waals surface area contributed by atoms with Crippen molar-refractivity contribution in [3.05, 3.63) is 21.7 Å². The molecular formula is C10H13N3O3. The molecule has 4 N–H and O–H groups in total. The third-order valence-corrected chi connectivity index (χ3v) is 2.94. The van der Waals surface area contributed by atoms with Crippen molar-refractivity contribution in [2.45, 2.75) is 31.6 Å². The molecule has 0 atom stereocenters. The van der Waals surface area contributed by atoms with Crippen molar-refractivity contribution in [3.8, 4) is 0 Å². The van der Waals surface area contributed by atoms with Crippen LogP contribution in [0.3, 0.4) is 0 Å². The minimum absolute atomic E-state index is 0.0352. The van der Waals surface area contributed by atoms with Gasteiger partial charge in [-0.3, -0.25) is 4.79 Å². The van der Waals surface area contributed by atoms with E-state index in [1.54, 1.807) is 0 Å². The fourth-order valence-corrected chi connectivity index (χ4v) is 1.92. The molecule has 0 aromatic carbocycles. The van der Waals surface area contributed by atoms with E-state index in [1.807, 2.05) is 0 Å². The highest BCUT2D eigenvalue weighted by atomic mass is 16.4. The predicted octanol–water partition coefficient (Wildman–Crippen LogP) is 0.247. The Bertz CT molecular complexity index is 477. The number of aliphatic carboxylic acids is 1. The summed E-state index contributed by atoms with van der Waals surface area (Å²) in [5, 5.41) is 8.78. The molecule has 0 saturated heterocycles. The van der Waals surface area contributed by atoms with E-state index in [9.17, 15) is 9.59 Å². The van der Waals surface area contributed by atoms with Crippen LogP contribution in [0.25, 0.3) is 0 Å². The Morgan fingerprint density at radius 3 is 2.75 bits per heavy atom. The van der Waals surface area contributed by atoms with Crippen molar-refractivity contribution in [1.29, 1.82) is 0 Å². The maximum Gasteiger partial charge on any atom is 0.347 e. The number of nitrogens with zero attached hydrogens (tertiary/aromatic N) is 1. The number of carboxylic acid groups (broad SMARTS) is 1. The van der Waals surface area contributed by atoms with E-state index >= 15 is 0 Å². The number of H-pyrrole nitrogens is 1. The number of aromatic amines is 1. The van der Waals surface area contributed by atoms with E-state index < -0.39 is 11.7 Å². The van der Waals surface area contributed by atoms with E-state index in [0.29, 0.717) is 11.3 Å². The number of hydrogen-bond acceptors (Lipinski definition) is 4. The van der Waals surface area contributed by atoms with Crippen LogP contribution in [-0.4, -0.2) is 21.0 Å². The average molecular weight is 223 g/mol. The molecule has 6 heteroatoms. The number of nitrogen functional groups attached to an aromatic ring is 1. The zero-order chi connectivity index (χ0) is 11.7. The van der Waals surface area contributed by atoms with Crippen LogP contribution < -0.4 is 11.4 Å². The molecule has 0 unspecified atom stereocenters. The molecule has 1 heterocycles. The second-order valence-corrected chi connectivity index (χ2v) is 4.02. The van der Waals surface area contributed by atoms with Gasteiger partial charge in [-0.05, 0) is 18.8 Å². The summed E-state index contributed by atoms with van der Waals surface area (Å²) in [4.78, 5) is 28.1. The smallest absolute Gasteiger partial charge is 0.347 e. The Labute approximate surface area is 91.5 Å². The summed E-state index contributed by atoms with van der Waals surface area (Å²) in [6.07, 6.45) is 2.83. The third-order valence-electron chi connectivity index (χ3n) is 2.94. The molecular weight excluding hydrogens is 210 g/mol. The van der Waals surface area contributed by atoms with Gasteiger partial charge in [0.25, 0.3) is 0 Å². The fraction of sp³-hybridized carbons (Fsp3) is 0.500. The normalized spacial score (nSPS) is 15.8. The number of nitrogens with two attached hydrogens (primary N) is 1. The quantitative estimate of drug-likeness (QED) is 0.680. The van der Waals surface area contributed by atoms with Gasteiger partial charge in [0.15, 0.2) is 0 Å². The fourth-order valence-electron chi connectivity index (χ4n) is 1.92. The minimum Gasteiger partial charge on any atom is -0.481 e. The third kappa shape index (κ3) is 1.91. The predicted molar refractivity (Wildman–Crippen MR) is 57.2 cm³/mol. The molecule has 0 amide bonds. The highest BCUT2D eigenvalue weighted by Crippen LogP contribution is 2.37. The van der Waals surface area contributed by atoms with Gasteiger partial charge in [-0.1, -0.05) is 6.42 Å². The lowest BCUT2D eigenvalue weighted by Crippen LogP contribution is -2.24. The van der Waals surface area contributed by atoms with E-state index in [4.69, 9.17) is 10.8 Å². The summed E-state index contributed by atoms with van der Waals surface area (Å²) >= 11 is 0. The lowest BCUT2D eigenvalue weighted by Gasteiger charge is -2.27. The highest BCUT2D eigenvalue weighted by Gasteiger charge is 2.25. The lowest BCUT2D eigenvalue weighted by molar-refractivity contribution is -0.136. The Kier molecular flexibility index (Phi) is 2.64. The first-order valence-electron chi connectivity index (χ1n) is 5.18. The Hall–Kier alpha value is -1.85. The van der Waals surface area contributed by atoms with Crippen molar-refractivity contribution in [1.82, 2.24) is 9.97 Å². The molecule has 1 aromatic heterocycles. The minimum atomic E-state index is -0.971. The number of rotatable bonds is 3. The van der Waals surface area contributed by atoms with Gasteiger partial charge in [0.2, 0.25) is 0 Å². The van der Waals surface area contributed by atoms with E-state index in [-0.39, 0.29) is 18.2 Å². The van der Waals surface area contributed by atoms with Crippen LogP contribution in [0, 0.1) is 0 Å². The number of anilines is 1. The van der Waals surface area contributed by atoms with Crippen LogP contribution >= 0.6 is 0 Å². The molecule has 0 radical (unpaired) electrons. The Balaban J connectivity index is 2.45. The summed E-state index contributed by atoms with van der Waals surface area (Å²) in [6, 6.07) is 0. The summed E-state index contributed by atoms with van der Waals surface area (Å²) in [7, 11) is 0. The van der Waals surface area contributed by atoms with Crippen LogP contribution in [0.5, 0.6) is 0 Å². The van der Waals surface area contributed by atoms with Crippen molar-refractivity contribution in [2.24, 2.45) is 0 Å². The largest absolute Gasteiger partial charge is 0.481 e. The summed E-state index contributed by atoms with van der Waals surface area (Å²) < 4.78 is 0. The van der Waals surface area contributed by atoms with Crippen molar-refractivity contribution < 1.29 is 9.90 Å². The molecule has 16 heavy (non-hydrogen) atoms. The first kappa shape index (κ1) is 10.7. The van der Waals surface area contributed by atoms with Gasteiger partial charge in [0.1, 0.15) is 5.82 Å². The summed E-state index contributed by atoms with van der Waals surface area (Å²) in [5.74, 6) is -0.707. The monoisotopic (exact) mass is 223 g/mol. The Morgan fingerprint density at radius 1 is 1.56 bits per heavy atom. The van der Waals surface area contributed by atoms with Gasteiger partial charge >= 0.3 is 11.7 Å². The first-order valence-corrected chi connectivity index (χ1v) is 5.18. The van der Waals surface area contributed by atoms with E-state index in [0.717, 1.165) is 19.3 Å². The zero-order valence-corrected chi connectivity index (χ0v) is 8.69. The van der Waals surface area contributed by atoms with Crippen LogP contribution in [0.4, 0.5) is 5.82 Å². The molecule has 2 rings (SSSR count). The van der Waals surface area contributed by atoms with Crippen molar-refractivity contribution in [3.63, 3.8) is 0 Å². The molecule has 1 aromatic rings. The molecule has 0 spiro atoms. The lowest BCUT2D eigenvalue weighted by atomic mass is 9.81. The second kappa shape index (κ2) is 3.96. The molecule has 0 aliphatic heterocycles. The number of aromatic nitrogens is 2. The number of hydrogen-bond donors (Lipinski definition) is 3. The van der Waals surface area contributed by atoms with Gasteiger partial charge in [0.05, 0.1) is 6.42 Å². The van der Waals surface area contributed by atoms with Gasteiger partial charge in [-0.2, -0.15) is 4.98 Å². The number of carboxylic acids is 1. The summed E-state index contributed by atoms with van der Waals surface area (Å²) in [6.45, 7) is 0. The van der Waals surface area contributed by atoms with Gasteiger partial charge in [-0.25, -0.2) is 4.79 Å². The first-order chi connectivity index (χ1) is 7.58. The summed E-state index contributed by atoms with van der Waals surface area (Å²) in [5.41, 5.74) is 6.20. The molecule has 6 nitrogen and oxygen atoms in total. The zero-order valence-electron chi connectivity index (χ0n) is 8.69. The van der Waals surface area contributed by atoms with Gasteiger partial charge in [0, 0.05) is 11.3 Å². The van der Waals surface area contributed by atoms with Gasteiger partial charge < -0.3 is 15.8 Å². The van der Waals surface area contributed by atoms with Crippen LogP contribution in [0.1, 0.15) is 36.4 Å². The molecule has 86 valence electrons. The second-order valence-electron chi connectivity index (χ2n) is 4.02. The maximum atomic E-state index is 11.2. The molecule has 1 aliphatic carbocycles. The van der Waals surface area contributed by atoms with Crippen LogP contribution in [-0.2, 0) is 11.2 Å². The molecule has 1 aliphatic rings. The van der Waals surface area contributed by atoms with Gasteiger partial charge in [-0.15, -0.1) is 0 Å². The molecule has 1 fully saturated rings. The van der Waals surface area contributed by atoms with Crippen molar-refractivity contribution in [2.75, 3.05) is 5.73 Å². The Morgan fingerprint density at radius 2 is 2.25 bits per heavy atom. The van der Waals surface area contributed by atoms with Crippen LogP contribution in [0.2, 0.25) is 0 Å². The van der Waals surface area contributed by atoms with Crippen LogP contribution in [0.15, 0.2) is 4.79 Å². The molecule has 0 bridgehead atoms. The molecule has 1 saturated carbocycles. The van der Waals surface area contributed by atoms with E-state index in [1.165, 1.54) is 0 Å². The van der Waals surface area contributed by atoms with Crippen molar-refractivity contribution >= 4 is 11.8 Å². The topological polar surface area (TPSA) is 109 Å². The average Bonchev–Trinajstić information content (AvgIpc) is 2.07. The van der Waals surface area contributed by atoms with E-state index in [2.05, 4.69) is 9.97 Å².